The monoisotopic (exact) mass is 301 g/mol. The number of hydrogen-bond donors (Lipinski definition) is 0. The summed E-state index contributed by atoms with van der Waals surface area (Å²) in [5.74, 6) is 2.81. The molecule has 2 aliphatic heterocycles. The minimum Gasteiger partial charge on any atom is -0.468 e. The topological polar surface area (TPSA) is 45.7 Å². The second-order valence-electron chi connectivity index (χ2n) is 6.76. The predicted molar refractivity (Wildman–Crippen MR) is 82.3 cm³/mol. The van der Waals surface area contributed by atoms with E-state index in [-0.39, 0.29) is 0 Å². The molecule has 2 fully saturated rings. The van der Waals surface area contributed by atoms with Gasteiger partial charge in [-0.3, -0.25) is 9.80 Å². The maximum absolute atomic E-state index is 5.51. The fraction of sp³-hybridized carbons (Fsp3) is 0.588. The van der Waals surface area contributed by atoms with Gasteiger partial charge in [0.15, 0.2) is 0 Å². The van der Waals surface area contributed by atoms with Crippen molar-refractivity contribution in [2.45, 2.75) is 39.4 Å². The van der Waals surface area contributed by atoms with Crippen molar-refractivity contribution in [2.75, 3.05) is 19.6 Å². The smallest absolute Gasteiger partial charge is 0.138 e. The van der Waals surface area contributed by atoms with Gasteiger partial charge in [-0.25, -0.2) is 0 Å². The van der Waals surface area contributed by atoms with Crippen molar-refractivity contribution in [1.29, 1.82) is 0 Å². The predicted octanol–water partition coefficient (Wildman–Crippen LogP) is 2.59. The van der Waals surface area contributed by atoms with E-state index >= 15 is 0 Å². The summed E-state index contributed by atoms with van der Waals surface area (Å²) in [5.41, 5.74) is 2.29. The average molecular weight is 301 g/mol. The van der Waals surface area contributed by atoms with E-state index in [4.69, 9.17) is 8.94 Å². The van der Waals surface area contributed by atoms with Gasteiger partial charge < -0.3 is 8.94 Å². The van der Waals surface area contributed by atoms with E-state index in [1.165, 1.54) is 25.1 Å². The van der Waals surface area contributed by atoms with Gasteiger partial charge in [0.05, 0.1) is 18.5 Å². The Hall–Kier alpha value is -1.59. The standard InChI is InChI=1S/C17H23N3O2/c1-12-17(13(2)22-18-12)11-19-7-14-6-15(9-19)20(8-14)10-16-4-3-5-21-16/h3-5,14-15H,6-11H2,1-2H3. The number of aryl methyl sites for hydroxylation is 2. The molecule has 0 aromatic carbocycles. The molecule has 2 aromatic rings. The van der Waals surface area contributed by atoms with Crippen molar-refractivity contribution < 1.29 is 8.94 Å². The average Bonchev–Trinajstić information content (AvgIpc) is 3.18. The van der Waals surface area contributed by atoms with Gasteiger partial charge in [-0.1, -0.05) is 5.16 Å². The van der Waals surface area contributed by atoms with Crippen LogP contribution in [0.4, 0.5) is 0 Å². The third-order valence-electron chi connectivity index (χ3n) is 5.10. The maximum atomic E-state index is 5.51. The summed E-state index contributed by atoms with van der Waals surface area (Å²) in [4.78, 5) is 5.14. The fourth-order valence-corrected chi connectivity index (χ4v) is 4.03. The molecule has 0 saturated carbocycles. The minimum absolute atomic E-state index is 0.643. The molecule has 4 heterocycles. The second kappa shape index (κ2) is 5.56. The van der Waals surface area contributed by atoms with Crippen LogP contribution in [0.5, 0.6) is 0 Å². The first kappa shape index (κ1) is 14.0. The van der Waals surface area contributed by atoms with Crippen LogP contribution in [0, 0.1) is 19.8 Å². The number of furan rings is 1. The molecule has 0 N–H and O–H groups in total. The van der Waals surface area contributed by atoms with Crippen molar-refractivity contribution in [3.63, 3.8) is 0 Å². The van der Waals surface area contributed by atoms with Crippen LogP contribution in [0.25, 0.3) is 0 Å². The van der Waals surface area contributed by atoms with Gasteiger partial charge in [0, 0.05) is 37.8 Å². The van der Waals surface area contributed by atoms with Crippen molar-refractivity contribution in [2.24, 2.45) is 5.92 Å². The summed E-state index contributed by atoms with van der Waals surface area (Å²) < 4.78 is 10.8. The molecule has 2 bridgehead atoms. The molecular weight excluding hydrogens is 278 g/mol. The van der Waals surface area contributed by atoms with E-state index in [0.717, 1.165) is 42.8 Å². The number of aromatic nitrogens is 1. The van der Waals surface area contributed by atoms with Crippen molar-refractivity contribution in [3.8, 4) is 0 Å². The van der Waals surface area contributed by atoms with E-state index in [0.29, 0.717) is 6.04 Å². The highest BCUT2D eigenvalue weighted by atomic mass is 16.5. The Morgan fingerprint density at radius 1 is 1.23 bits per heavy atom. The summed E-state index contributed by atoms with van der Waals surface area (Å²) >= 11 is 0. The van der Waals surface area contributed by atoms with E-state index in [1.807, 2.05) is 19.9 Å². The molecule has 0 amide bonds. The van der Waals surface area contributed by atoms with Gasteiger partial charge in [-0.05, 0) is 38.3 Å². The Morgan fingerprint density at radius 3 is 2.86 bits per heavy atom. The first-order chi connectivity index (χ1) is 10.7. The molecule has 0 radical (unpaired) electrons. The number of hydrogen-bond acceptors (Lipinski definition) is 5. The molecule has 5 nitrogen and oxygen atoms in total. The summed E-state index contributed by atoms with van der Waals surface area (Å²) in [6.45, 7) is 9.43. The van der Waals surface area contributed by atoms with E-state index in [2.05, 4.69) is 21.0 Å². The van der Waals surface area contributed by atoms with Gasteiger partial charge in [0.2, 0.25) is 0 Å². The summed E-state index contributed by atoms with van der Waals surface area (Å²) in [7, 11) is 0. The van der Waals surface area contributed by atoms with Gasteiger partial charge in [0.1, 0.15) is 11.5 Å². The van der Waals surface area contributed by atoms with Crippen LogP contribution in [-0.4, -0.2) is 40.6 Å². The Kier molecular flexibility index (Phi) is 3.54. The normalized spacial score (nSPS) is 25.9. The van der Waals surface area contributed by atoms with Gasteiger partial charge in [-0.2, -0.15) is 0 Å². The summed E-state index contributed by atoms with van der Waals surface area (Å²) in [5, 5.41) is 4.08. The number of likely N-dealkylation sites (tertiary alicyclic amines) is 2. The lowest BCUT2D eigenvalue weighted by Gasteiger charge is -2.32. The molecule has 2 aliphatic rings. The summed E-state index contributed by atoms with van der Waals surface area (Å²) in [6.07, 6.45) is 3.08. The Labute approximate surface area is 130 Å². The molecule has 0 aliphatic carbocycles. The number of fused-ring (bicyclic) bond motifs is 2. The third kappa shape index (κ3) is 2.59. The van der Waals surface area contributed by atoms with E-state index in [1.54, 1.807) is 6.26 Å². The highest BCUT2D eigenvalue weighted by molar-refractivity contribution is 5.20. The zero-order chi connectivity index (χ0) is 15.1. The molecule has 0 spiro atoms. The van der Waals surface area contributed by atoms with Crippen LogP contribution in [0.15, 0.2) is 27.3 Å². The van der Waals surface area contributed by atoms with Crippen LogP contribution in [0.3, 0.4) is 0 Å². The Bertz CT molecular complexity index is 615. The van der Waals surface area contributed by atoms with Crippen molar-refractivity contribution >= 4 is 0 Å². The molecule has 4 rings (SSSR count). The van der Waals surface area contributed by atoms with Crippen molar-refractivity contribution in [3.05, 3.63) is 41.2 Å². The van der Waals surface area contributed by atoms with Crippen molar-refractivity contribution in [1.82, 2.24) is 15.0 Å². The van der Waals surface area contributed by atoms with Gasteiger partial charge in [0.25, 0.3) is 0 Å². The van der Waals surface area contributed by atoms with Crippen LogP contribution in [0.2, 0.25) is 0 Å². The van der Waals surface area contributed by atoms with Crippen LogP contribution in [0.1, 0.15) is 29.2 Å². The first-order valence-electron chi connectivity index (χ1n) is 8.09. The maximum Gasteiger partial charge on any atom is 0.138 e. The van der Waals surface area contributed by atoms with Crippen LogP contribution < -0.4 is 0 Å². The minimum atomic E-state index is 0.643. The lowest BCUT2D eigenvalue weighted by Crippen LogP contribution is -2.41. The highest BCUT2D eigenvalue weighted by Gasteiger charge is 2.38. The highest BCUT2D eigenvalue weighted by Crippen LogP contribution is 2.32. The summed E-state index contributed by atoms with van der Waals surface area (Å²) in [6, 6.07) is 4.69. The van der Waals surface area contributed by atoms with Crippen LogP contribution >= 0.6 is 0 Å². The second-order valence-corrected chi connectivity index (χ2v) is 6.76. The number of piperidine rings is 1. The largest absolute Gasteiger partial charge is 0.468 e. The molecule has 2 unspecified atom stereocenters. The fourth-order valence-electron chi connectivity index (χ4n) is 4.03. The van der Waals surface area contributed by atoms with E-state index in [9.17, 15) is 0 Å². The molecule has 5 heteroatoms. The molecular formula is C17H23N3O2. The number of rotatable bonds is 4. The molecule has 118 valence electrons. The van der Waals surface area contributed by atoms with Gasteiger partial charge >= 0.3 is 0 Å². The lowest BCUT2D eigenvalue weighted by atomic mass is 9.99. The van der Waals surface area contributed by atoms with Crippen LogP contribution in [-0.2, 0) is 13.1 Å². The van der Waals surface area contributed by atoms with E-state index < -0.39 is 0 Å². The quantitative estimate of drug-likeness (QED) is 0.868. The van der Waals surface area contributed by atoms with Gasteiger partial charge in [-0.15, -0.1) is 0 Å². The molecule has 2 aromatic heterocycles. The zero-order valence-electron chi connectivity index (χ0n) is 13.3. The Balaban J connectivity index is 1.42. The Morgan fingerprint density at radius 2 is 2.14 bits per heavy atom. The molecule has 2 saturated heterocycles. The molecule has 22 heavy (non-hydrogen) atoms. The SMILES string of the molecule is Cc1noc(C)c1CN1CC2CC(C1)N(Cc1ccco1)C2. The third-order valence-corrected chi connectivity index (χ3v) is 5.10. The molecule has 2 atom stereocenters. The number of nitrogens with zero attached hydrogens (tertiary/aromatic N) is 3. The lowest BCUT2D eigenvalue weighted by molar-refractivity contribution is 0.148. The zero-order valence-corrected chi connectivity index (χ0v) is 13.3. The first-order valence-corrected chi connectivity index (χ1v) is 8.09.